The first kappa shape index (κ1) is 18.3. The molecule has 0 radical (unpaired) electrons. The van der Waals surface area contributed by atoms with Gasteiger partial charge in [-0.3, -0.25) is 9.78 Å². The van der Waals surface area contributed by atoms with Crippen LogP contribution in [0.25, 0.3) is 0 Å². The summed E-state index contributed by atoms with van der Waals surface area (Å²) in [7, 11) is 0. The molecule has 5 heteroatoms. The number of rotatable bonds is 7. The van der Waals surface area contributed by atoms with E-state index in [1.807, 2.05) is 37.4 Å². The van der Waals surface area contributed by atoms with E-state index in [0.717, 1.165) is 42.9 Å². The summed E-state index contributed by atoms with van der Waals surface area (Å²) in [6.45, 7) is 8.09. The largest absolute Gasteiger partial charge is 0.370 e. The van der Waals surface area contributed by atoms with Gasteiger partial charge in [-0.1, -0.05) is 31.5 Å². The Morgan fingerprint density at radius 3 is 2.58 bits per heavy atom. The van der Waals surface area contributed by atoms with Gasteiger partial charge in [0.05, 0.1) is 17.4 Å². The van der Waals surface area contributed by atoms with Crippen molar-refractivity contribution < 1.29 is 4.79 Å². The van der Waals surface area contributed by atoms with Crippen molar-refractivity contribution in [2.75, 3.05) is 23.3 Å². The van der Waals surface area contributed by atoms with Crippen LogP contribution in [0.1, 0.15) is 42.6 Å². The molecule has 2 aromatic rings. The Labute approximate surface area is 148 Å². The van der Waals surface area contributed by atoms with E-state index >= 15 is 0 Å². The molecule has 1 aromatic carbocycles. The molecule has 0 spiro atoms. The number of hydrogen-bond donors (Lipinski definition) is 1. The standard InChI is InChI=1S/C19H24ClN3O/c1-4-9-23(10-5-2)16-11-15(12-21-13-16)19(24)22-18-8-6-7-17(20)14(18)3/h6-8,11-13H,4-5,9-10H2,1-3H3,(H,22,24). The Hall–Kier alpha value is -2.07. The van der Waals surface area contributed by atoms with Crippen molar-refractivity contribution in [1.29, 1.82) is 0 Å². The number of pyridine rings is 1. The molecule has 0 aliphatic heterocycles. The Morgan fingerprint density at radius 2 is 1.92 bits per heavy atom. The fourth-order valence-corrected chi connectivity index (χ4v) is 2.75. The summed E-state index contributed by atoms with van der Waals surface area (Å²) in [6, 6.07) is 7.37. The second kappa shape index (κ2) is 8.69. The Kier molecular flexibility index (Phi) is 6.62. The maximum absolute atomic E-state index is 12.6. The lowest BCUT2D eigenvalue weighted by Gasteiger charge is -2.23. The van der Waals surface area contributed by atoms with Crippen LogP contribution >= 0.6 is 11.6 Å². The minimum Gasteiger partial charge on any atom is -0.370 e. The molecule has 0 fully saturated rings. The van der Waals surface area contributed by atoms with Gasteiger partial charge in [-0.2, -0.15) is 0 Å². The number of nitrogens with one attached hydrogen (secondary N) is 1. The molecular formula is C19H24ClN3O. The number of aromatic nitrogens is 1. The van der Waals surface area contributed by atoms with Crippen LogP contribution in [0.2, 0.25) is 5.02 Å². The first-order valence-corrected chi connectivity index (χ1v) is 8.71. The number of carbonyl (C=O) groups excluding carboxylic acids is 1. The highest BCUT2D eigenvalue weighted by molar-refractivity contribution is 6.31. The topological polar surface area (TPSA) is 45.2 Å². The summed E-state index contributed by atoms with van der Waals surface area (Å²) in [5, 5.41) is 3.55. The maximum atomic E-state index is 12.6. The van der Waals surface area contributed by atoms with Crippen molar-refractivity contribution >= 4 is 28.9 Å². The Bertz CT molecular complexity index is 697. The molecule has 4 nitrogen and oxygen atoms in total. The van der Waals surface area contributed by atoms with Crippen molar-refractivity contribution in [2.45, 2.75) is 33.6 Å². The van der Waals surface area contributed by atoms with Gasteiger partial charge in [0.2, 0.25) is 0 Å². The lowest BCUT2D eigenvalue weighted by Crippen LogP contribution is -2.25. The lowest BCUT2D eigenvalue weighted by molar-refractivity contribution is 0.102. The SMILES string of the molecule is CCCN(CCC)c1cncc(C(=O)Nc2cccc(Cl)c2C)c1. The maximum Gasteiger partial charge on any atom is 0.257 e. The van der Waals surface area contributed by atoms with Gasteiger partial charge in [0.1, 0.15) is 0 Å². The van der Waals surface area contributed by atoms with Crippen LogP contribution in [-0.4, -0.2) is 24.0 Å². The molecule has 0 saturated carbocycles. The van der Waals surface area contributed by atoms with E-state index < -0.39 is 0 Å². The second-order valence-corrected chi connectivity index (χ2v) is 6.19. The van der Waals surface area contributed by atoms with Gasteiger partial charge in [0, 0.05) is 30.0 Å². The molecule has 1 amide bonds. The van der Waals surface area contributed by atoms with Crippen molar-refractivity contribution in [3.05, 3.63) is 52.8 Å². The minimum absolute atomic E-state index is 0.178. The lowest BCUT2D eigenvalue weighted by atomic mass is 10.1. The normalized spacial score (nSPS) is 10.5. The third-order valence-electron chi connectivity index (χ3n) is 3.85. The van der Waals surface area contributed by atoms with Gasteiger partial charge in [-0.25, -0.2) is 0 Å². The molecule has 0 aliphatic carbocycles. The number of carbonyl (C=O) groups is 1. The molecule has 2 rings (SSSR count). The number of hydrogen-bond acceptors (Lipinski definition) is 3. The highest BCUT2D eigenvalue weighted by Crippen LogP contribution is 2.24. The Morgan fingerprint density at radius 1 is 1.21 bits per heavy atom. The van der Waals surface area contributed by atoms with Crippen molar-refractivity contribution in [3.8, 4) is 0 Å². The average Bonchev–Trinajstić information content (AvgIpc) is 2.59. The molecule has 128 valence electrons. The quantitative estimate of drug-likeness (QED) is 0.774. The van der Waals surface area contributed by atoms with E-state index in [9.17, 15) is 4.79 Å². The predicted octanol–water partition coefficient (Wildman–Crippen LogP) is 4.92. The number of benzene rings is 1. The van der Waals surface area contributed by atoms with E-state index in [-0.39, 0.29) is 5.91 Å². The van der Waals surface area contributed by atoms with Crippen molar-refractivity contribution in [1.82, 2.24) is 4.98 Å². The summed E-state index contributed by atoms with van der Waals surface area (Å²) in [5.74, 6) is -0.178. The van der Waals surface area contributed by atoms with Crippen LogP contribution in [0, 0.1) is 6.92 Å². The summed E-state index contributed by atoms with van der Waals surface area (Å²) in [5.41, 5.74) is 3.10. The third kappa shape index (κ3) is 4.48. The first-order valence-electron chi connectivity index (χ1n) is 8.33. The summed E-state index contributed by atoms with van der Waals surface area (Å²) >= 11 is 6.11. The summed E-state index contributed by atoms with van der Waals surface area (Å²) in [6.07, 6.45) is 5.51. The third-order valence-corrected chi connectivity index (χ3v) is 4.26. The highest BCUT2D eigenvalue weighted by atomic mass is 35.5. The van der Waals surface area contributed by atoms with Gasteiger partial charge < -0.3 is 10.2 Å². The predicted molar refractivity (Wildman–Crippen MR) is 101 cm³/mol. The number of halogens is 1. The fraction of sp³-hybridized carbons (Fsp3) is 0.368. The number of nitrogens with zero attached hydrogens (tertiary/aromatic N) is 2. The van der Waals surface area contributed by atoms with Gasteiger partial charge in [0.25, 0.3) is 5.91 Å². The fourth-order valence-electron chi connectivity index (χ4n) is 2.57. The van der Waals surface area contributed by atoms with Crippen LogP contribution in [0.3, 0.4) is 0 Å². The zero-order valence-electron chi connectivity index (χ0n) is 14.5. The highest BCUT2D eigenvalue weighted by Gasteiger charge is 2.12. The molecule has 0 unspecified atom stereocenters. The number of anilines is 2. The monoisotopic (exact) mass is 345 g/mol. The van der Waals surface area contributed by atoms with Crippen LogP contribution in [0.5, 0.6) is 0 Å². The molecule has 1 aromatic heterocycles. The Balaban J connectivity index is 2.21. The zero-order chi connectivity index (χ0) is 17.5. The first-order chi connectivity index (χ1) is 11.6. The molecule has 1 heterocycles. The molecule has 1 N–H and O–H groups in total. The van der Waals surface area contributed by atoms with Gasteiger partial charge >= 0.3 is 0 Å². The van der Waals surface area contributed by atoms with Crippen LogP contribution in [0.4, 0.5) is 11.4 Å². The van der Waals surface area contributed by atoms with Gasteiger partial charge in [-0.05, 0) is 43.5 Å². The van der Waals surface area contributed by atoms with E-state index in [2.05, 4.69) is 29.0 Å². The van der Waals surface area contributed by atoms with Crippen molar-refractivity contribution in [2.24, 2.45) is 0 Å². The van der Waals surface area contributed by atoms with Crippen LogP contribution < -0.4 is 10.2 Å². The van der Waals surface area contributed by atoms with E-state index in [4.69, 9.17) is 11.6 Å². The summed E-state index contributed by atoms with van der Waals surface area (Å²) in [4.78, 5) is 19.1. The molecule has 0 atom stereocenters. The molecule has 0 aliphatic rings. The zero-order valence-corrected chi connectivity index (χ0v) is 15.2. The average molecular weight is 346 g/mol. The van der Waals surface area contributed by atoms with Gasteiger partial charge in [-0.15, -0.1) is 0 Å². The van der Waals surface area contributed by atoms with Crippen molar-refractivity contribution in [3.63, 3.8) is 0 Å². The molecule has 0 saturated heterocycles. The number of amides is 1. The molecule has 24 heavy (non-hydrogen) atoms. The van der Waals surface area contributed by atoms with E-state index in [1.165, 1.54) is 0 Å². The molecule has 0 bridgehead atoms. The smallest absolute Gasteiger partial charge is 0.257 e. The second-order valence-electron chi connectivity index (χ2n) is 5.79. The minimum atomic E-state index is -0.178. The summed E-state index contributed by atoms with van der Waals surface area (Å²) < 4.78 is 0. The van der Waals surface area contributed by atoms with Crippen LogP contribution in [-0.2, 0) is 0 Å². The molecular weight excluding hydrogens is 322 g/mol. The van der Waals surface area contributed by atoms with Crippen LogP contribution in [0.15, 0.2) is 36.7 Å². The van der Waals surface area contributed by atoms with E-state index in [0.29, 0.717) is 10.6 Å². The van der Waals surface area contributed by atoms with E-state index in [1.54, 1.807) is 6.20 Å². The van der Waals surface area contributed by atoms with Gasteiger partial charge in [0.15, 0.2) is 0 Å².